The molecule has 9 nitrogen and oxygen atoms in total. The Morgan fingerprint density at radius 3 is 2.48 bits per heavy atom. The summed E-state index contributed by atoms with van der Waals surface area (Å²) in [6.07, 6.45) is 0.282. The summed E-state index contributed by atoms with van der Waals surface area (Å²) >= 11 is 0. The minimum Gasteiger partial charge on any atom is -0.468 e. The Labute approximate surface area is 169 Å². The van der Waals surface area contributed by atoms with Gasteiger partial charge in [-0.2, -0.15) is 0 Å². The fraction of sp³-hybridized carbons (Fsp3) is 0.500. The van der Waals surface area contributed by atoms with E-state index in [9.17, 15) is 19.2 Å². The van der Waals surface area contributed by atoms with E-state index in [2.05, 4.69) is 10.6 Å². The van der Waals surface area contributed by atoms with Gasteiger partial charge in [0.1, 0.15) is 5.54 Å². The van der Waals surface area contributed by atoms with Gasteiger partial charge in [0.25, 0.3) is 0 Å². The van der Waals surface area contributed by atoms with E-state index >= 15 is 0 Å². The molecule has 2 heterocycles. The number of para-hydroxylation sites is 1. The summed E-state index contributed by atoms with van der Waals surface area (Å²) in [6.45, 7) is 1.91. The first kappa shape index (κ1) is 20.8. The minimum absolute atomic E-state index is 0.144. The summed E-state index contributed by atoms with van der Waals surface area (Å²) < 4.78 is 4.96. The van der Waals surface area contributed by atoms with Crippen LogP contribution in [0.4, 0.5) is 10.5 Å². The van der Waals surface area contributed by atoms with Crippen LogP contribution in [-0.4, -0.2) is 72.9 Å². The SMILES string of the molecule is CC[C@@]1(C(=O)OC)N[C@H](CN(C)C(=O)Nc2ccccc2)[C@@H]2C(=O)N(C)C(=O)[C@@H]21. The molecule has 4 atom stereocenters. The molecule has 3 rings (SSSR count). The van der Waals surface area contributed by atoms with Crippen LogP contribution < -0.4 is 10.6 Å². The van der Waals surface area contributed by atoms with Gasteiger partial charge in [-0.15, -0.1) is 0 Å². The number of amides is 4. The van der Waals surface area contributed by atoms with Gasteiger partial charge in [0.05, 0.1) is 18.9 Å². The van der Waals surface area contributed by atoms with Crippen molar-refractivity contribution >= 4 is 29.5 Å². The van der Waals surface area contributed by atoms with E-state index in [0.29, 0.717) is 5.69 Å². The second-order valence-corrected chi connectivity index (χ2v) is 7.48. The number of carbonyl (C=O) groups is 4. The third kappa shape index (κ3) is 3.35. The smallest absolute Gasteiger partial charge is 0.326 e. The van der Waals surface area contributed by atoms with Crippen LogP contribution in [0.5, 0.6) is 0 Å². The van der Waals surface area contributed by atoms with Crippen LogP contribution in [0.25, 0.3) is 0 Å². The molecule has 2 N–H and O–H groups in total. The van der Waals surface area contributed by atoms with Gasteiger partial charge in [0, 0.05) is 32.4 Å². The third-order valence-electron chi connectivity index (χ3n) is 5.93. The van der Waals surface area contributed by atoms with Crippen molar-refractivity contribution in [3.63, 3.8) is 0 Å². The lowest BCUT2D eigenvalue weighted by atomic mass is 9.78. The summed E-state index contributed by atoms with van der Waals surface area (Å²) in [5, 5.41) is 5.95. The number of imide groups is 1. The van der Waals surface area contributed by atoms with Gasteiger partial charge in [0.2, 0.25) is 11.8 Å². The highest BCUT2D eigenvalue weighted by Gasteiger charge is 2.67. The number of esters is 1. The monoisotopic (exact) mass is 402 g/mol. The molecule has 0 bridgehead atoms. The maximum absolute atomic E-state index is 12.8. The summed E-state index contributed by atoms with van der Waals surface area (Å²) in [4.78, 5) is 53.2. The van der Waals surface area contributed by atoms with E-state index in [1.54, 1.807) is 26.1 Å². The van der Waals surface area contributed by atoms with Crippen molar-refractivity contribution in [3.05, 3.63) is 30.3 Å². The van der Waals surface area contributed by atoms with Crippen molar-refractivity contribution in [2.45, 2.75) is 24.9 Å². The second-order valence-electron chi connectivity index (χ2n) is 7.48. The molecule has 0 unspecified atom stereocenters. The lowest BCUT2D eigenvalue weighted by molar-refractivity contribution is -0.154. The van der Waals surface area contributed by atoms with Crippen LogP contribution in [0.2, 0.25) is 0 Å². The Hall–Kier alpha value is -2.94. The Balaban J connectivity index is 1.83. The zero-order valence-electron chi connectivity index (χ0n) is 17.0. The summed E-state index contributed by atoms with van der Waals surface area (Å²) in [5.41, 5.74) is -0.649. The van der Waals surface area contributed by atoms with Crippen LogP contribution >= 0.6 is 0 Å². The van der Waals surface area contributed by atoms with Gasteiger partial charge in [0.15, 0.2) is 0 Å². The molecular weight excluding hydrogens is 376 g/mol. The number of carbonyl (C=O) groups excluding carboxylic acids is 4. The van der Waals surface area contributed by atoms with E-state index in [4.69, 9.17) is 4.74 Å². The molecule has 29 heavy (non-hydrogen) atoms. The van der Waals surface area contributed by atoms with Crippen LogP contribution in [0.3, 0.4) is 0 Å². The highest BCUT2D eigenvalue weighted by Crippen LogP contribution is 2.44. The van der Waals surface area contributed by atoms with Gasteiger partial charge < -0.3 is 15.0 Å². The molecule has 0 aliphatic carbocycles. The predicted octanol–water partition coefficient (Wildman–Crippen LogP) is 0.675. The fourth-order valence-corrected chi connectivity index (χ4v) is 4.38. The molecule has 2 aliphatic rings. The lowest BCUT2D eigenvalue weighted by Gasteiger charge is -2.31. The first-order valence-corrected chi connectivity index (χ1v) is 9.51. The maximum atomic E-state index is 12.8. The highest BCUT2D eigenvalue weighted by atomic mass is 16.5. The Kier molecular flexibility index (Phi) is 5.61. The Morgan fingerprint density at radius 2 is 1.90 bits per heavy atom. The number of likely N-dealkylation sites (tertiary alicyclic amines) is 1. The highest BCUT2D eigenvalue weighted by molar-refractivity contribution is 6.09. The van der Waals surface area contributed by atoms with Crippen LogP contribution in [-0.2, 0) is 19.1 Å². The molecule has 2 fully saturated rings. The number of methoxy groups -OCH3 is 1. The summed E-state index contributed by atoms with van der Waals surface area (Å²) in [7, 11) is 4.28. The second kappa shape index (κ2) is 7.82. The molecule has 156 valence electrons. The Bertz CT molecular complexity index is 829. The number of anilines is 1. The van der Waals surface area contributed by atoms with Gasteiger partial charge in [-0.05, 0) is 18.6 Å². The molecule has 0 radical (unpaired) electrons. The number of hydrogen-bond donors (Lipinski definition) is 2. The third-order valence-corrected chi connectivity index (χ3v) is 5.93. The quantitative estimate of drug-likeness (QED) is 0.554. The molecular formula is C20H26N4O5. The Morgan fingerprint density at radius 1 is 1.24 bits per heavy atom. The minimum atomic E-state index is -1.29. The van der Waals surface area contributed by atoms with Crippen LogP contribution in [0.15, 0.2) is 30.3 Å². The van der Waals surface area contributed by atoms with E-state index in [1.807, 2.05) is 18.2 Å². The van der Waals surface area contributed by atoms with Gasteiger partial charge >= 0.3 is 12.0 Å². The number of rotatable bonds is 5. The van der Waals surface area contributed by atoms with Gasteiger partial charge in [-0.1, -0.05) is 25.1 Å². The van der Waals surface area contributed by atoms with Crippen molar-refractivity contribution in [3.8, 4) is 0 Å². The maximum Gasteiger partial charge on any atom is 0.326 e. The van der Waals surface area contributed by atoms with Crippen LogP contribution in [0, 0.1) is 11.8 Å². The van der Waals surface area contributed by atoms with Crippen molar-refractivity contribution in [1.82, 2.24) is 15.1 Å². The average Bonchev–Trinajstić information content (AvgIpc) is 3.17. The van der Waals surface area contributed by atoms with E-state index in [0.717, 1.165) is 4.90 Å². The molecule has 9 heteroatoms. The fourth-order valence-electron chi connectivity index (χ4n) is 4.38. The van der Waals surface area contributed by atoms with Gasteiger partial charge in [-0.3, -0.25) is 24.6 Å². The molecule has 1 aromatic carbocycles. The number of ether oxygens (including phenoxy) is 1. The number of nitrogens with zero attached hydrogens (tertiary/aromatic N) is 2. The number of hydrogen-bond acceptors (Lipinski definition) is 6. The number of benzene rings is 1. The predicted molar refractivity (Wildman–Crippen MR) is 105 cm³/mol. The average molecular weight is 402 g/mol. The topological polar surface area (TPSA) is 108 Å². The zero-order valence-corrected chi connectivity index (χ0v) is 17.0. The van der Waals surface area contributed by atoms with Crippen LogP contribution in [0.1, 0.15) is 13.3 Å². The standard InChI is InChI=1S/C20H26N4O5/c1-5-20(18(27)29-4)15-14(16(25)24(3)17(15)26)13(22-20)11-23(2)19(28)21-12-9-7-6-8-10-12/h6-10,13-15,22H,5,11H2,1-4H3,(H,21,28)/t13-,14+,15-,20-/m1/s1. The van der Waals surface area contributed by atoms with Gasteiger partial charge in [-0.25, -0.2) is 4.79 Å². The number of fused-ring (bicyclic) bond motifs is 1. The van der Waals surface area contributed by atoms with Crippen molar-refractivity contribution in [1.29, 1.82) is 0 Å². The normalized spacial score (nSPS) is 28.3. The molecule has 0 saturated carbocycles. The largest absolute Gasteiger partial charge is 0.468 e. The van der Waals surface area contributed by atoms with E-state index < -0.39 is 35.3 Å². The first-order chi connectivity index (χ1) is 13.8. The van der Waals surface area contributed by atoms with E-state index in [1.165, 1.54) is 19.1 Å². The van der Waals surface area contributed by atoms with E-state index in [-0.39, 0.29) is 24.9 Å². The number of urea groups is 1. The summed E-state index contributed by atoms with van der Waals surface area (Å²) in [6, 6.07) is 8.08. The molecule has 0 aromatic heterocycles. The first-order valence-electron chi connectivity index (χ1n) is 9.51. The van der Waals surface area contributed by atoms with Crippen molar-refractivity contribution in [2.24, 2.45) is 11.8 Å². The summed E-state index contributed by atoms with van der Waals surface area (Å²) in [5.74, 6) is -2.93. The molecule has 4 amide bonds. The van der Waals surface area contributed by atoms with Crippen molar-refractivity contribution in [2.75, 3.05) is 33.1 Å². The number of nitrogens with one attached hydrogen (secondary N) is 2. The molecule has 1 aromatic rings. The number of likely N-dealkylation sites (N-methyl/N-ethyl adjacent to an activating group) is 1. The van der Waals surface area contributed by atoms with Crippen molar-refractivity contribution < 1.29 is 23.9 Å². The molecule has 2 aliphatic heterocycles. The lowest BCUT2D eigenvalue weighted by Crippen LogP contribution is -2.58. The zero-order chi connectivity index (χ0) is 21.3. The molecule has 2 saturated heterocycles. The molecule has 0 spiro atoms.